The molecule has 1 unspecified atom stereocenters. The van der Waals surface area contributed by atoms with Crippen molar-refractivity contribution >= 4 is 10.9 Å². The van der Waals surface area contributed by atoms with Crippen molar-refractivity contribution in [2.24, 2.45) is 0 Å². The van der Waals surface area contributed by atoms with Gasteiger partial charge in [0, 0.05) is 23.1 Å². The first-order valence-corrected chi connectivity index (χ1v) is 9.91. The number of hydrogen-bond donors (Lipinski definition) is 0. The molecule has 0 saturated heterocycles. The molecule has 1 aromatic carbocycles. The van der Waals surface area contributed by atoms with Crippen LogP contribution < -0.4 is 14.2 Å². The molecule has 6 nitrogen and oxygen atoms in total. The molecular weight excluding hydrogens is 354 g/mol. The minimum atomic E-state index is 0.281. The van der Waals surface area contributed by atoms with Crippen LogP contribution in [0.5, 0.6) is 17.8 Å². The van der Waals surface area contributed by atoms with Gasteiger partial charge in [0.05, 0.1) is 26.9 Å². The van der Waals surface area contributed by atoms with Crippen LogP contribution in [0.3, 0.4) is 0 Å². The number of aromatic nitrogens is 3. The highest BCUT2D eigenvalue weighted by Crippen LogP contribution is 2.38. The van der Waals surface area contributed by atoms with E-state index in [1.807, 2.05) is 0 Å². The average Bonchev–Trinajstić information content (AvgIpc) is 3.06. The van der Waals surface area contributed by atoms with Crippen LogP contribution in [-0.2, 0) is 13.0 Å². The highest BCUT2D eigenvalue weighted by molar-refractivity contribution is 5.86. The number of methoxy groups -OCH3 is 2. The van der Waals surface area contributed by atoms with Crippen molar-refractivity contribution in [3.8, 4) is 17.8 Å². The van der Waals surface area contributed by atoms with Gasteiger partial charge in [-0.05, 0) is 43.2 Å². The Morgan fingerprint density at radius 2 is 1.86 bits per heavy atom. The minimum Gasteiger partial charge on any atom is -0.481 e. The van der Waals surface area contributed by atoms with E-state index in [9.17, 15) is 0 Å². The molecule has 2 heterocycles. The van der Waals surface area contributed by atoms with Crippen molar-refractivity contribution in [3.63, 3.8) is 0 Å². The molecule has 0 spiro atoms. The van der Waals surface area contributed by atoms with Crippen molar-refractivity contribution in [3.05, 3.63) is 41.6 Å². The van der Waals surface area contributed by atoms with Crippen molar-refractivity contribution < 1.29 is 14.2 Å². The molecule has 3 aromatic rings. The smallest absolute Gasteiger partial charge is 0.323 e. The van der Waals surface area contributed by atoms with Gasteiger partial charge in [-0.2, -0.15) is 9.97 Å². The van der Waals surface area contributed by atoms with E-state index in [1.165, 1.54) is 41.4 Å². The minimum absolute atomic E-state index is 0.281. The Morgan fingerprint density at radius 3 is 2.61 bits per heavy atom. The second-order valence-electron chi connectivity index (χ2n) is 7.26. The number of benzene rings is 1. The number of hydrogen-bond acceptors (Lipinski definition) is 5. The predicted molar refractivity (Wildman–Crippen MR) is 109 cm³/mol. The van der Waals surface area contributed by atoms with Crippen molar-refractivity contribution in [2.75, 3.05) is 20.8 Å². The molecule has 0 bridgehead atoms. The van der Waals surface area contributed by atoms with E-state index >= 15 is 0 Å². The van der Waals surface area contributed by atoms with E-state index in [1.54, 1.807) is 20.3 Å². The zero-order valence-electron chi connectivity index (χ0n) is 16.8. The molecule has 148 valence electrons. The molecule has 1 atom stereocenters. The summed E-state index contributed by atoms with van der Waals surface area (Å²) in [6.45, 7) is 3.80. The third-order valence-corrected chi connectivity index (χ3v) is 5.48. The van der Waals surface area contributed by atoms with Gasteiger partial charge in [0.1, 0.15) is 0 Å². The Kier molecular flexibility index (Phi) is 5.37. The lowest BCUT2D eigenvalue weighted by Crippen LogP contribution is -2.14. The summed E-state index contributed by atoms with van der Waals surface area (Å²) in [6, 6.07) is 10.7. The number of fused-ring (bicyclic) bond motifs is 3. The molecule has 28 heavy (non-hydrogen) atoms. The molecule has 0 saturated carbocycles. The largest absolute Gasteiger partial charge is 0.481 e. The van der Waals surface area contributed by atoms with Crippen molar-refractivity contribution in [1.29, 1.82) is 0 Å². The summed E-state index contributed by atoms with van der Waals surface area (Å²) in [4.78, 5) is 8.45. The topological polar surface area (TPSA) is 58.4 Å². The Labute approximate surface area is 165 Å². The summed E-state index contributed by atoms with van der Waals surface area (Å²) in [5.41, 5.74) is 4.38. The summed E-state index contributed by atoms with van der Waals surface area (Å²) in [6.07, 6.45) is 4.60. The fraction of sp³-hybridized carbons (Fsp3) is 0.455. The maximum atomic E-state index is 5.78. The number of para-hydroxylation sites is 1. The van der Waals surface area contributed by atoms with E-state index in [4.69, 9.17) is 14.2 Å². The number of aryl methyl sites for hydroxylation is 2. The summed E-state index contributed by atoms with van der Waals surface area (Å²) < 4.78 is 18.6. The normalized spacial score (nSPS) is 16.0. The fourth-order valence-corrected chi connectivity index (χ4v) is 4.23. The number of rotatable bonds is 7. The zero-order valence-corrected chi connectivity index (χ0v) is 16.8. The van der Waals surface area contributed by atoms with Crippen LogP contribution in [0.1, 0.15) is 43.4 Å². The SMILES string of the molecule is COc1cc(OC)nc(OCCCn2c3c(c4ccccc42)CCCC3C)n1. The van der Waals surface area contributed by atoms with Crippen molar-refractivity contribution in [2.45, 2.75) is 45.1 Å². The van der Waals surface area contributed by atoms with Crippen LogP contribution in [-0.4, -0.2) is 35.4 Å². The summed E-state index contributed by atoms with van der Waals surface area (Å²) >= 11 is 0. The standard InChI is InChI=1S/C22H27N3O3/c1-15-8-6-10-17-16-9-4-5-11-18(16)25(21(15)17)12-7-13-28-22-23-19(26-2)14-20(24-22)27-3/h4-5,9,11,14-15H,6-8,10,12-13H2,1-3H3. The number of nitrogens with zero attached hydrogens (tertiary/aromatic N) is 3. The first kappa shape index (κ1) is 18.6. The third-order valence-electron chi connectivity index (χ3n) is 5.48. The molecule has 1 aliphatic rings. The highest BCUT2D eigenvalue weighted by atomic mass is 16.5. The van der Waals surface area contributed by atoms with E-state index in [-0.39, 0.29) is 6.01 Å². The Morgan fingerprint density at radius 1 is 1.11 bits per heavy atom. The summed E-state index contributed by atoms with van der Waals surface area (Å²) in [7, 11) is 3.13. The molecule has 0 aliphatic heterocycles. The maximum absolute atomic E-state index is 5.78. The molecule has 2 aromatic heterocycles. The lowest BCUT2D eigenvalue weighted by molar-refractivity contribution is 0.265. The Bertz CT molecular complexity index is 945. The van der Waals surface area contributed by atoms with Crippen LogP contribution in [0.2, 0.25) is 0 Å². The molecule has 0 radical (unpaired) electrons. The van der Waals surface area contributed by atoms with Gasteiger partial charge >= 0.3 is 6.01 Å². The van der Waals surface area contributed by atoms with Gasteiger partial charge in [-0.15, -0.1) is 0 Å². The Balaban J connectivity index is 1.49. The van der Waals surface area contributed by atoms with Gasteiger partial charge in [0.15, 0.2) is 0 Å². The Hall–Kier alpha value is -2.76. The van der Waals surface area contributed by atoms with Gasteiger partial charge in [0.25, 0.3) is 0 Å². The molecule has 1 aliphatic carbocycles. The third kappa shape index (κ3) is 3.51. The van der Waals surface area contributed by atoms with Gasteiger partial charge in [-0.1, -0.05) is 25.1 Å². The lowest BCUT2D eigenvalue weighted by Gasteiger charge is -2.22. The van der Waals surface area contributed by atoms with E-state index in [2.05, 4.69) is 45.7 Å². The predicted octanol–water partition coefficient (Wildman–Crippen LogP) is 4.36. The van der Waals surface area contributed by atoms with Crippen molar-refractivity contribution in [1.82, 2.24) is 14.5 Å². The zero-order chi connectivity index (χ0) is 19.5. The number of ether oxygens (including phenoxy) is 3. The monoisotopic (exact) mass is 381 g/mol. The first-order valence-electron chi connectivity index (χ1n) is 9.91. The molecule has 0 fully saturated rings. The highest BCUT2D eigenvalue weighted by Gasteiger charge is 2.24. The van der Waals surface area contributed by atoms with Gasteiger partial charge in [-0.25, -0.2) is 0 Å². The quantitative estimate of drug-likeness (QED) is 0.569. The van der Waals surface area contributed by atoms with Gasteiger partial charge < -0.3 is 18.8 Å². The van der Waals surface area contributed by atoms with Crippen LogP contribution >= 0.6 is 0 Å². The fourth-order valence-electron chi connectivity index (χ4n) is 4.23. The van der Waals surface area contributed by atoms with E-state index < -0.39 is 0 Å². The van der Waals surface area contributed by atoms with Crippen LogP contribution in [0, 0.1) is 0 Å². The average molecular weight is 381 g/mol. The van der Waals surface area contributed by atoms with E-state index in [0.29, 0.717) is 24.3 Å². The molecule has 6 heteroatoms. The van der Waals surface area contributed by atoms with Gasteiger partial charge in [0.2, 0.25) is 11.8 Å². The maximum Gasteiger partial charge on any atom is 0.323 e. The molecule has 0 N–H and O–H groups in total. The summed E-state index contributed by atoms with van der Waals surface area (Å²) in [5, 5.41) is 1.41. The second kappa shape index (κ2) is 8.09. The first-order chi connectivity index (χ1) is 13.7. The van der Waals surface area contributed by atoms with Crippen LogP contribution in [0.4, 0.5) is 0 Å². The van der Waals surface area contributed by atoms with Gasteiger partial charge in [-0.3, -0.25) is 0 Å². The van der Waals surface area contributed by atoms with E-state index in [0.717, 1.165) is 13.0 Å². The molecule has 4 rings (SSSR count). The lowest BCUT2D eigenvalue weighted by atomic mass is 9.88. The molecule has 0 amide bonds. The van der Waals surface area contributed by atoms with Crippen LogP contribution in [0.25, 0.3) is 10.9 Å². The van der Waals surface area contributed by atoms with Crippen LogP contribution in [0.15, 0.2) is 30.3 Å². The molecular formula is C22H27N3O3. The second-order valence-corrected chi connectivity index (χ2v) is 7.26. The summed E-state index contributed by atoms with van der Waals surface area (Å²) in [5.74, 6) is 1.46.